The summed E-state index contributed by atoms with van der Waals surface area (Å²) in [5.41, 5.74) is 3.26. The van der Waals surface area contributed by atoms with Gasteiger partial charge in [0.25, 0.3) is 0 Å². The molecule has 0 saturated carbocycles. The lowest BCUT2D eigenvalue weighted by Gasteiger charge is -2.07. The van der Waals surface area contributed by atoms with Crippen molar-refractivity contribution in [2.24, 2.45) is 0 Å². The topological polar surface area (TPSA) is 61.6 Å². The highest BCUT2D eigenvalue weighted by atomic mass is 16.6. The van der Waals surface area contributed by atoms with Gasteiger partial charge in [0.05, 0.1) is 18.3 Å². The molecule has 0 aromatic heterocycles. The van der Waals surface area contributed by atoms with Gasteiger partial charge in [0.2, 0.25) is 6.20 Å². The number of hydrogen-bond acceptors (Lipinski definition) is 4. The molecule has 0 radical (unpaired) electrons. The molecule has 5 heteroatoms. The monoisotopic (exact) mass is 285 g/mol. The maximum atomic E-state index is 10.3. The Hall–Kier alpha value is -3.04. The van der Waals surface area contributed by atoms with Gasteiger partial charge < -0.3 is 9.47 Å². The fraction of sp³-hybridized carbons (Fsp3) is 0.0625. The van der Waals surface area contributed by atoms with E-state index in [1.807, 2.05) is 0 Å². The van der Waals surface area contributed by atoms with Gasteiger partial charge in [0.15, 0.2) is 11.5 Å². The molecule has 0 spiro atoms. The highest BCUT2D eigenvalue weighted by Gasteiger charge is 2.04. The summed E-state index contributed by atoms with van der Waals surface area (Å²) in [5.74, 6) is 1.000. The Morgan fingerprint density at radius 1 is 1.29 bits per heavy atom. The maximum Gasteiger partial charge on any atom is 0.235 e. The molecule has 0 heterocycles. The minimum absolute atomic E-state index is 0.486. The minimum atomic E-state index is -0.524. The molecule has 1 rings (SSSR count). The molecule has 0 unspecified atom stereocenters. The number of rotatable bonds is 7. The van der Waals surface area contributed by atoms with E-state index >= 15 is 0 Å². The first-order valence-electron chi connectivity index (χ1n) is 6.01. The van der Waals surface area contributed by atoms with Gasteiger partial charge in [-0.15, -0.1) is 5.73 Å². The van der Waals surface area contributed by atoms with Crippen molar-refractivity contribution < 1.29 is 14.4 Å². The van der Waals surface area contributed by atoms with Gasteiger partial charge in [-0.1, -0.05) is 24.8 Å². The summed E-state index contributed by atoms with van der Waals surface area (Å²) in [6.07, 6.45) is 10.6. The fourth-order valence-electron chi connectivity index (χ4n) is 1.38. The Kier molecular flexibility index (Phi) is 6.83. The summed E-state index contributed by atoms with van der Waals surface area (Å²) in [7, 11) is 1.50. The molecule has 0 fully saturated rings. The molecule has 1 aromatic carbocycles. The van der Waals surface area contributed by atoms with Gasteiger partial charge in [-0.3, -0.25) is 10.1 Å². The summed E-state index contributed by atoms with van der Waals surface area (Å²) in [4.78, 5) is 9.76. The number of methoxy groups -OCH3 is 1. The second-order valence-corrected chi connectivity index (χ2v) is 3.71. The first kappa shape index (κ1) is 16.0. The quantitative estimate of drug-likeness (QED) is 0.252. The van der Waals surface area contributed by atoms with Crippen LogP contribution in [0.1, 0.15) is 5.56 Å². The zero-order valence-corrected chi connectivity index (χ0v) is 11.6. The SMILES string of the molecule is C=C=CC=CC=COc1ccc(C=C[N+](=O)[O-])cc1OC. The van der Waals surface area contributed by atoms with Crippen LogP contribution in [-0.4, -0.2) is 12.0 Å². The summed E-state index contributed by atoms with van der Waals surface area (Å²) >= 11 is 0. The van der Waals surface area contributed by atoms with Crippen LogP contribution in [0, 0.1) is 10.1 Å². The average Bonchev–Trinajstić information content (AvgIpc) is 2.49. The normalized spacial score (nSPS) is 10.9. The van der Waals surface area contributed by atoms with Crippen LogP contribution in [0.5, 0.6) is 11.5 Å². The Bertz CT molecular complexity index is 623. The van der Waals surface area contributed by atoms with Gasteiger partial charge in [-0.2, -0.15) is 0 Å². The molecule has 108 valence electrons. The third-order valence-electron chi connectivity index (χ3n) is 2.29. The maximum absolute atomic E-state index is 10.3. The van der Waals surface area contributed by atoms with E-state index in [1.165, 1.54) is 19.4 Å². The largest absolute Gasteiger partial charge is 0.493 e. The fourth-order valence-corrected chi connectivity index (χ4v) is 1.38. The Morgan fingerprint density at radius 3 is 2.76 bits per heavy atom. The van der Waals surface area contributed by atoms with Crippen LogP contribution >= 0.6 is 0 Å². The van der Waals surface area contributed by atoms with E-state index in [0.29, 0.717) is 17.1 Å². The van der Waals surface area contributed by atoms with E-state index in [1.54, 1.807) is 42.5 Å². The first-order chi connectivity index (χ1) is 10.2. The second kappa shape index (κ2) is 8.96. The summed E-state index contributed by atoms with van der Waals surface area (Å²) in [5, 5.41) is 10.3. The Morgan fingerprint density at radius 2 is 2.10 bits per heavy atom. The molecule has 0 bridgehead atoms. The van der Waals surface area contributed by atoms with E-state index in [9.17, 15) is 10.1 Å². The lowest BCUT2D eigenvalue weighted by Crippen LogP contribution is -1.90. The van der Waals surface area contributed by atoms with Crippen LogP contribution in [0.3, 0.4) is 0 Å². The van der Waals surface area contributed by atoms with Gasteiger partial charge in [-0.05, 0) is 29.8 Å². The van der Waals surface area contributed by atoms with Crippen LogP contribution in [0.2, 0.25) is 0 Å². The van der Waals surface area contributed by atoms with Crippen LogP contribution in [0.4, 0.5) is 0 Å². The number of nitro groups is 1. The molecule has 0 amide bonds. The zero-order valence-electron chi connectivity index (χ0n) is 11.6. The second-order valence-electron chi connectivity index (χ2n) is 3.71. The van der Waals surface area contributed by atoms with Gasteiger partial charge >= 0.3 is 0 Å². The highest BCUT2D eigenvalue weighted by molar-refractivity contribution is 5.55. The predicted molar refractivity (Wildman–Crippen MR) is 81.6 cm³/mol. The van der Waals surface area contributed by atoms with E-state index in [-0.39, 0.29) is 0 Å². The first-order valence-corrected chi connectivity index (χ1v) is 6.01. The van der Waals surface area contributed by atoms with Crippen LogP contribution in [0.25, 0.3) is 6.08 Å². The summed E-state index contributed by atoms with van der Waals surface area (Å²) < 4.78 is 10.6. The van der Waals surface area contributed by atoms with E-state index < -0.39 is 4.92 Å². The van der Waals surface area contributed by atoms with Crippen molar-refractivity contribution in [3.05, 3.63) is 83.0 Å². The summed E-state index contributed by atoms with van der Waals surface area (Å²) in [6.45, 7) is 3.43. The highest BCUT2D eigenvalue weighted by Crippen LogP contribution is 2.28. The standard InChI is InChI=1S/C16H15NO4/c1-3-4-5-6-7-12-21-15-9-8-14(10-11-17(18)19)13-16(15)20-2/h4-13H,1H2,2H3. The number of hydrogen-bond donors (Lipinski definition) is 0. The molecule has 0 aliphatic heterocycles. The molecular formula is C16H15NO4. The lowest BCUT2D eigenvalue weighted by atomic mass is 10.2. The van der Waals surface area contributed by atoms with Crippen molar-refractivity contribution in [3.63, 3.8) is 0 Å². The third-order valence-corrected chi connectivity index (χ3v) is 2.29. The van der Waals surface area contributed by atoms with Gasteiger partial charge in [0, 0.05) is 6.08 Å². The number of benzene rings is 1. The molecule has 0 aliphatic carbocycles. The van der Waals surface area contributed by atoms with Crippen molar-refractivity contribution in [3.8, 4) is 11.5 Å². The number of ether oxygens (including phenoxy) is 2. The molecule has 1 aromatic rings. The average molecular weight is 285 g/mol. The Labute approximate surface area is 123 Å². The van der Waals surface area contributed by atoms with Crippen molar-refractivity contribution in [1.82, 2.24) is 0 Å². The van der Waals surface area contributed by atoms with Crippen molar-refractivity contribution in [2.45, 2.75) is 0 Å². The smallest absolute Gasteiger partial charge is 0.235 e. The van der Waals surface area contributed by atoms with Crippen molar-refractivity contribution in [1.29, 1.82) is 0 Å². The summed E-state index contributed by atoms with van der Waals surface area (Å²) in [6, 6.07) is 5.03. The van der Waals surface area contributed by atoms with E-state index in [0.717, 1.165) is 6.20 Å². The molecule has 0 N–H and O–H groups in total. The predicted octanol–water partition coefficient (Wildman–Crippen LogP) is 3.73. The van der Waals surface area contributed by atoms with E-state index in [2.05, 4.69) is 12.3 Å². The van der Waals surface area contributed by atoms with Crippen LogP contribution in [-0.2, 0) is 0 Å². The molecule has 0 saturated heterocycles. The van der Waals surface area contributed by atoms with Crippen molar-refractivity contribution >= 4 is 6.08 Å². The van der Waals surface area contributed by atoms with Crippen LogP contribution < -0.4 is 9.47 Å². The third kappa shape index (κ3) is 6.09. The molecule has 0 atom stereocenters. The molecule has 21 heavy (non-hydrogen) atoms. The Balaban J connectivity index is 2.79. The van der Waals surface area contributed by atoms with Gasteiger partial charge in [-0.25, -0.2) is 0 Å². The van der Waals surface area contributed by atoms with E-state index in [4.69, 9.17) is 9.47 Å². The molecule has 5 nitrogen and oxygen atoms in total. The molecule has 0 aliphatic rings. The number of allylic oxidation sites excluding steroid dienone is 4. The lowest BCUT2D eigenvalue weighted by molar-refractivity contribution is -0.400. The van der Waals surface area contributed by atoms with Crippen molar-refractivity contribution in [2.75, 3.05) is 7.11 Å². The van der Waals surface area contributed by atoms with Gasteiger partial charge in [0.1, 0.15) is 0 Å². The minimum Gasteiger partial charge on any atom is -0.493 e. The molecular weight excluding hydrogens is 270 g/mol. The number of nitrogens with zero attached hydrogens (tertiary/aromatic N) is 1. The zero-order chi connectivity index (χ0) is 15.5. The van der Waals surface area contributed by atoms with Crippen LogP contribution in [0.15, 0.2) is 67.3 Å².